The van der Waals surface area contributed by atoms with E-state index in [1.54, 1.807) is 25.3 Å². The summed E-state index contributed by atoms with van der Waals surface area (Å²) in [5.74, 6) is -0.465. The van der Waals surface area contributed by atoms with Crippen LogP contribution >= 0.6 is 0 Å². The molecule has 1 aromatic heterocycles. The van der Waals surface area contributed by atoms with Gasteiger partial charge in [-0.3, -0.25) is 4.79 Å². The van der Waals surface area contributed by atoms with Gasteiger partial charge in [0.1, 0.15) is 0 Å². The number of aryl methyl sites for hydroxylation is 1. The number of pyridine rings is 1. The minimum atomic E-state index is -0.465. The Morgan fingerprint density at radius 3 is 2.68 bits per heavy atom. The number of methoxy groups -OCH3 is 1. The zero-order chi connectivity index (χ0) is 13.8. The number of carbonyl (C=O) groups is 2. The van der Waals surface area contributed by atoms with Crippen LogP contribution in [0.3, 0.4) is 0 Å². The topological polar surface area (TPSA) is 56.3 Å². The highest BCUT2D eigenvalue weighted by molar-refractivity contribution is 5.91. The Balaban J connectivity index is 2.50. The van der Waals surface area contributed by atoms with Gasteiger partial charge in [-0.15, -0.1) is 0 Å². The van der Waals surface area contributed by atoms with Crippen LogP contribution in [0, 0.1) is 6.92 Å². The molecule has 0 N–H and O–H groups in total. The second kappa shape index (κ2) is 5.44. The Morgan fingerprint density at radius 1 is 1.32 bits per heavy atom. The first-order valence-electron chi connectivity index (χ1n) is 5.77. The summed E-state index contributed by atoms with van der Waals surface area (Å²) in [5.41, 5.74) is 3.19. The number of hydrogen-bond donors (Lipinski definition) is 0. The van der Waals surface area contributed by atoms with Crippen LogP contribution in [0.25, 0.3) is 11.1 Å². The first kappa shape index (κ1) is 13.0. The number of nitrogens with zero attached hydrogens (tertiary/aromatic N) is 1. The second-order valence-corrected chi connectivity index (χ2v) is 4.09. The third-order valence-electron chi connectivity index (χ3n) is 2.86. The molecule has 0 atom stereocenters. The normalized spacial score (nSPS) is 10.0. The molecule has 0 unspecified atom stereocenters. The first-order chi connectivity index (χ1) is 9.17. The minimum Gasteiger partial charge on any atom is -0.464 e. The molecule has 0 saturated carbocycles. The lowest BCUT2D eigenvalue weighted by Crippen LogP contribution is -2.06. The standard InChI is InChI=1S/C15H13NO3/c1-10-7-12(8-16-14(10)15(18)19-2)13-6-4-3-5-11(13)9-17/h3-9H,1-2H3. The maximum absolute atomic E-state index is 11.5. The number of aromatic nitrogens is 1. The van der Waals surface area contributed by atoms with Crippen LogP contribution in [0.4, 0.5) is 0 Å². The summed E-state index contributed by atoms with van der Waals surface area (Å²) in [6, 6.07) is 9.06. The van der Waals surface area contributed by atoms with Crippen molar-refractivity contribution >= 4 is 12.3 Å². The maximum atomic E-state index is 11.5. The largest absolute Gasteiger partial charge is 0.464 e. The van der Waals surface area contributed by atoms with Crippen molar-refractivity contribution < 1.29 is 14.3 Å². The number of hydrogen-bond acceptors (Lipinski definition) is 4. The molecule has 2 aromatic rings. The lowest BCUT2D eigenvalue weighted by Gasteiger charge is -2.08. The van der Waals surface area contributed by atoms with Crippen molar-refractivity contribution in [3.63, 3.8) is 0 Å². The van der Waals surface area contributed by atoms with Gasteiger partial charge in [0, 0.05) is 17.3 Å². The molecule has 4 heteroatoms. The highest BCUT2D eigenvalue weighted by Gasteiger charge is 2.12. The summed E-state index contributed by atoms with van der Waals surface area (Å²) in [6.45, 7) is 1.78. The van der Waals surface area contributed by atoms with Gasteiger partial charge in [0.25, 0.3) is 0 Å². The van der Waals surface area contributed by atoms with E-state index in [0.29, 0.717) is 11.1 Å². The number of benzene rings is 1. The number of carbonyl (C=O) groups excluding carboxylic acids is 2. The SMILES string of the molecule is COC(=O)c1ncc(-c2ccccc2C=O)cc1C. The van der Waals surface area contributed by atoms with Crippen LogP contribution in [0.5, 0.6) is 0 Å². The van der Waals surface area contributed by atoms with Gasteiger partial charge in [-0.1, -0.05) is 24.3 Å². The van der Waals surface area contributed by atoms with Crippen LogP contribution in [-0.2, 0) is 4.74 Å². The molecule has 1 heterocycles. The van der Waals surface area contributed by atoms with Crippen molar-refractivity contribution in [1.82, 2.24) is 4.98 Å². The molecule has 0 amide bonds. The molecule has 19 heavy (non-hydrogen) atoms. The fourth-order valence-electron chi connectivity index (χ4n) is 1.90. The van der Waals surface area contributed by atoms with Crippen molar-refractivity contribution in [3.05, 3.63) is 53.3 Å². The van der Waals surface area contributed by atoms with Gasteiger partial charge in [-0.05, 0) is 24.1 Å². The average molecular weight is 255 g/mol. The van der Waals surface area contributed by atoms with E-state index in [-0.39, 0.29) is 5.69 Å². The van der Waals surface area contributed by atoms with E-state index in [4.69, 9.17) is 0 Å². The zero-order valence-electron chi connectivity index (χ0n) is 10.7. The maximum Gasteiger partial charge on any atom is 0.356 e. The third-order valence-corrected chi connectivity index (χ3v) is 2.86. The average Bonchev–Trinajstić information content (AvgIpc) is 2.46. The van der Waals surface area contributed by atoms with Crippen molar-refractivity contribution in [2.75, 3.05) is 7.11 Å². The molecule has 0 aliphatic heterocycles. The molecular weight excluding hydrogens is 242 g/mol. The van der Waals surface area contributed by atoms with E-state index < -0.39 is 5.97 Å². The summed E-state index contributed by atoms with van der Waals surface area (Å²) in [7, 11) is 1.32. The predicted octanol–water partition coefficient (Wildman–Crippen LogP) is 2.66. The van der Waals surface area contributed by atoms with Crippen LogP contribution in [0.15, 0.2) is 36.5 Å². The Kier molecular flexibility index (Phi) is 3.71. The van der Waals surface area contributed by atoms with Crippen molar-refractivity contribution in [2.45, 2.75) is 6.92 Å². The van der Waals surface area contributed by atoms with Gasteiger partial charge in [-0.2, -0.15) is 0 Å². The molecule has 1 aromatic carbocycles. The van der Waals surface area contributed by atoms with E-state index in [9.17, 15) is 9.59 Å². The van der Waals surface area contributed by atoms with Crippen LogP contribution in [0.1, 0.15) is 26.4 Å². The van der Waals surface area contributed by atoms with Gasteiger partial charge in [0.2, 0.25) is 0 Å². The lowest BCUT2D eigenvalue weighted by atomic mass is 10.0. The molecule has 0 radical (unpaired) electrons. The van der Waals surface area contributed by atoms with E-state index in [1.165, 1.54) is 7.11 Å². The fourth-order valence-corrected chi connectivity index (χ4v) is 1.90. The zero-order valence-corrected chi connectivity index (χ0v) is 10.7. The summed E-state index contributed by atoms with van der Waals surface area (Å²) < 4.78 is 4.65. The number of rotatable bonds is 3. The Bertz CT molecular complexity index is 635. The van der Waals surface area contributed by atoms with Crippen molar-refractivity contribution in [2.24, 2.45) is 0 Å². The van der Waals surface area contributed by atoms with E-state index in [1.807, 2.05) is 18.2 Å². The summed E-state index contributed by atoms with van der Waals surface area (Å²) in [6.07, 6.45) is 2.38. The molecule has 4 nitrogen and oxygen atoms in total. The molecular formula is C15H13NO3. The number of esters is 1. The van der Waals surface area contributed by atoms with Gasteiger partial charge < -0.3 is 4.74 Å². The van der Waals surface area contributed by atoms with Gasteiger partial charge in [-0.25, -0.2) is 9.78 Å². The smallest absolute Gasteiger partial charge is 0.356 e. The van der Waals surface area contributed by atoms with Crippen molar-refractivity contribution in [1.29, 1.82) is 0 Å². The van der Waals surface area contributed by atoms with Crippen LogP contribution in [0.2, 0.25) is 0 Å². The summed E-state index contributed by atoms with van der Waals surface area (Å²) in [5, 5.41) is 0. The molecule has 96 valence electrons. The molecule has 0 spiro atoms. The van der Waals surface area contributed by atoms with Gasteiger partial charge in [0.05, 0.1) is 7.11 Å². The first-order valence-corrected chi connectivity index (χ1v) is 5.77. The Morgan fingerprint density at radius 2 is 2.05 bits per heavy atom. The fraction of sp³-hybridized carbons (Fsp3) is 0.133. The van der Waals surface area contributed by atoms with E-state index >= 15 is 0 Å². The highest BCUT2D eigenvalue weighted by Crippen LogP contribution is 2.23. The molecule has 0 bridgehead atoms. The second-order valence-electron chi connectivity index (χ2n) is 4.09. The van der Waals surface area contributed by atoms with Crippen LogP contribution in [-0.4, -0.2) is 24.3 Å². The third kappa shape index (κ3) is 2.52. The van der Waals surface area contributed by atoms with Crippen LogP contribution < -0.4 is 0 Å². The van der Waals surface area contributed by atoms with Crippen molar-refractivity contribution in [3.8, 4) is 11.1 Å². The van der Waals surface area contributed by atoms with Gasteiger partial charge >= 0.3 is 5.97 Å². The lowest BCUT2D eigenvalue weighted by molar-refractivity contribution is 0.0593. The molecule has 0 fully saturated rings. The monoisotopic (exact) mass is 255 g/mol. The number of aldehydes is 1. The summed E-state index contributed by atoms with van der Waals surface area (Å²) >= 11 is 0. The Labute approximate surface area is 111 Å². The van der Waals surface area contributed by atoms with E-state index in [0.717, 1.165) is 17.4 Å². The molecule has 0 aliphatic rings. The number of ether oxygens (including phenoxy) is 1. The van der Waals surface area contributed by atoms with E-state index in [2.05, 4.69) is 9.72 Å². The van der Waals surface area contributed by atoms with Gasteiger partial charge in [0.15, 0.2) is 12.0 Å². The highest BCUT2D eigenvalue weighted by atomic mass is 16.5. The molecule has 0 aliphatic carbocycles. The predicted molar refractivity (Wildman–Crippen MR) is 71.1 cm³/mol. The minimum absolute atomic E-state index is 0.287. The summed E-state index contributed by atoms with van der Waals surface area (Å²) in [4.78, 5) is 26.6. The molecule has 0 saturated heterocycles. The Hall–Kier alpha value is -2.49. The molecule has 2 rings (SSSR count). The quantitative estimate of drug-likeness (QED) is 0.625.